The fourth-order valence-electron chi connectivity index (χ4n) is 12.5. The molecule has 1 saturated heterocycles. The summed E-state index contributed by atoms with van der Waals surface area (Å²) in [5.41, 5.74) is 4.15. The van der Waals surface area contributed by atoms with E-state index in [1.54, 1.807) is 0 Å². The molecule has 5 rings (SSSR count). The minimum atomic E-state index is -0.663. The molecule has 1 aliphatic heterocycles. The first-order valence-corrected chi connectivity index (χ1v) is 36.6. The van der Waals surface area contributed by atoms with Gasteiger partial charge in [-0.2, -0.15) is 0 Å². The molecule has 1 fully saturated rings. The number of carbonyl (C=O) groups is 2. The molecule has 1 aliphatic rings. The van der Waals surface area contributed by atoms with Crippen LogP contribution in [0.15, 0.2) is 121 Å². The highest BCUT2D eigenvalue weighted by molar-refractivity contribution is 5.70. The molecular formula is C80H124O9. The molecule has 4 aromatic rings. The van der Waals surface area contributed by atoms with E-state index < -0.39 is 36.6 Å². The first kappa shape index (κ1) is 75.3. The molecule has 9 nitrogen and oxygen atoms in total. The number of rotatable bonds is 57. The third kappa shape index (κ3) is 37.0. The number of hydrogen-bond acceptors (Lipinski definition) is 9. The predicted molar refractivity (Wildman–Crippen MR) is 367 cm³/mol. The van der Waals surface area contributed by atoms with Crippen LogP contribution in [-0.4, -0.2) is 61.8 Å². The smallest absolute Gasteiger partial charge is 0.306 e. The van der Waals surface area contributed by atoms with Crippen LogP contribution >= 0.6 is 0 Å². The zero-order chi connectivity index (χ0) is 62.5. The van der Waals surface area contributed by atoms with E-state index in [0.29, 0.717) is 52.1 Å². The van der Waals surface area contributed by atoms with E-state index in [-0.39, 0.29) is 25.2 Å². The maximum atomic E-state index is 13.8. The Labute approximate surface area is 542 Å². The molecular weight excluding hydrogens is 1100 g/mol. The summed E-state index contributed by atoms with van der Waals surface area (Å²) in [4.78, 5) is 27.3. The van der Waals surface area contributed by atoms with Gasteiger partial charge in [-0.1, -0.05) is 353 Å². The molecule has 0 aromatic heterocycles. The summed E-state index contributed by atoms with van der Waals surface area (Å²) in [5, 5.41) is 0. The minimum absolute atomic E-state index is 0.00856. The Balaban J connectivity index is 1.18. The van der Waals surface area contributed by atoms with Crippen molar-refractivity contribution in [3.63, 3.8) is 0 Å². The van der Waals surface area contributed by atoms with E-state index in [1.165, 1.54) is 193 Å². The second-order valence-electron chi connectivity index (χ2n) is 25.9. The van der Waals surface area contributed by atoms with Crippen molar-refractivity contribution in [2.45, 2.75) is 334 Å². The molecule has 89 heavy (non-hydrogen) atoms. The largest absolute Gasteiger partial charge is 0.462 e. The van der Waals surface area contributed by atoms with Crippen molar-refractivity contribution >= 4 is 11.9 Å². The molecule has 0 unspecified atom stereocenters. The molecule has 4 aromatic carbocycles. The van der Waals surface area contributed by atoms with Gasteiger partial charge in [0.1, 0.15) is 37.1 Å². The Morgan fingerprint density at radius 3 is 1.02 bits per heavy atom. The third-order valence-corrected chi connectivity index (χ3v) is 17.9. The van der Waals surface area contributed by atoms with Gasteiger partial charge in [-0.3, -0.25) is 9.59 Å². The molecule has 6 atom stereocenters. The van der Waals surface area contributed by atoms with Crippen molar-refractivity contribution in [3.05, 3.63) is 144 Å². The van der Waals surface area contributed by atoms with Gasteiger partial charge in [-0.25, -0.2) is 0 Å². The van der Waals surface area contributed by atoms with Crippen molar-refractivity contribution in [1.82, 2.24) is 0 Å². The highest BCUT2D eigenvalue weighted by Gasteiger charge is 2.48. The average molecular weight is 1230 g/mol. The second-order valence-corrected chi connectivity index (χ2v) is 25.9. The summed E-state index contributed by atoms with van der Waals surface area (Å²) in [6.45, 7) is 6.22. The van der Waals surface area contributed by atoms with E-state index in [0.717, 1.165) is 60.8 Å². The van der Waals surface area contributed by atoms with Crippen LogP contribution in [0.3, 0.4) is 0 Å². The van der Waals surface area contributed by atoms with Crippen molar-refractivity contribution in [2.75, 3.05) is 13.2 Å². The highest BCUT2D eigenvalue weighted by atomic mass is 16.6. The maximum Gasteiger partial charge on any atom is 0.306 e. The van der Waals surface area contributed by atoms with E-state index in [2.05, 4.69) is 62.4 Å². The lowest BCUT2D eigenvalue weighted by molar-refractivity contribution is -0.274. The zero-order valence-corrected chi connectivity index (χ0v) is 56.2. The van der Waals surface area contributed by atoms with Gasteiger partial charge >= 0.3 is 11.9 Å². The third-order valence-electron chi connectivity index (χ3n) is 17.9. The monoisotopic (exact) mass is 1230 g/mol. The SMILES string of the molecule is CCCCCCCCCCCCCCCCCCCCC(=O)OC[C@H](CC[C@@H]1O[C@H](COCc2ccccc2)[C@@H](OCc2ccccc2)[C@H](OCc2ccccc2)[C@H]1OCc1ccccc1)OC(=O)CCCCCCCCCCCCCCCCCCCC. The second kappa shape index (κ2) is 52.1. The van der Waals surface area contributed by atoms with Gasteiger partial charge in [0.25, 0.3) is 0 Å². The van der Waals surface area contributed by atoms with Crippen LogP contribution in [0.25, 0.3) is 0 Å². The van der Waals surface area contributed by atoms with Crippen LogP contribution in [-0.2, 0) is 69.2 Å². The van der Waals surface area contributed by atoms with Crippen LogP contribution in [0.1, 0.15) is 293 Å². The van der Waals surface area contributed by atoms with E-state index in [9.17, 15) is 9.59 Å². The van der Waals surface area contributed by atoms with Crippen molar-refractivity contribution in [1.29, 1.82) is 0 Å². The topological polar surface area (TPSA) is 98.8 Å². The Bertz CT molecular complexity index is 2230. The Kier molecular flexibility index (Phi) is 44.1. The van der Waals surface area contributed by atoms with Gasteiger partial charge < -0.3 is 33.2 Å². The molecule has 9 heteroatoms. The van der Waals surface area contributed by atoms with Crippen LogP contribution in [0.2, 0.25) is 0 Å². The minimum Gasteiger partial charge on any atom is -0.462 e. The molecule has 0 radical (unpaired) electrons. The van der Waals surface area contributed by atoms with Gasteiger partial charge in [-0.05, 0) is 47.9 Å². The summed E-state index contributed by atoms with van der Waals surface area (Å²) < 4.78 is 47.0. The highest BCUT2D eigenvalue weighted by Crippen LogP contribution is 2.34. The van der Waals surface area contributed by atoms with Gasteiger partial charge in [0.15, 0.2) is 0 Å². The Morgan fingerprint density at radius 2 is 0.663 bits per heavy atom. The molecule has 0 spiro atoms. The first-order valence-electron chi connectivity index (χ1n) is 36.6. The molecule has 1 heterocycles. The summed E-state index contributed by atoms with van der Waals surface area (Å²) in [7, 11) is 0. The number of esters is 2. The van der Waals surface area contributed by atoms with Crippen LogP contribution in [0.4, 0.5) is 0 Å². The van der Waals surface area contributed by atoms with Gasteiger partial charge in [0, 0.05) is 12.8 Å². The van der Waals surface area contributed by atoms with Crippen molar-refractivity contribution in [2.24, 2.45) is 0 Å². The van der Waals surface area contributed by atoms with E-state index in [4.69, 9.17) is 33.2 Å². The van der Waals surface area contributed by atoms with Crippen LogP contribution < -0.4 is 0 Å². The number of ether oxygens (including phenoxy) is 7. The molecule has 0 bridgehead atoms. The number of carbonyl (C=O) groups excluding carboxylic acids is 2. The van der Waals surface area contributed by atoms with Crippen LogP contribution in [0.5, 0.6) is 0 Å². The fourth-order valence-corrected chi connectivity index (χ4v) is 12.5. The lowest BCUT2D eigenvalue weighted by Crippen LogP contribution is -2.61. The first-order chi connectivity index (χ1) is 44.0. The molecule has 498 valence electrons. The van der Waals surface area contributed by atoms with Gasteiger partial charge in [0.05, 0.1) is 39.1 Å². The lowest BCUT2D eigenvalue weighted by atomic mass is 9.91. The molecule has 0 amide bonds. The fraction of sp³-hybridized carbons (Fsp3) is 0.675. The molecule has 0 aliphatic carbocycles. The van der Waals surface area contributed by atoms with Gasteiger partial charge in [0.2, 0.25) is 0 Å². The quantitative estimate of drug-likeness (QED) is 0.0316. The molecule has 0 saturated carbocycles. The number of hydrogen-bond donors (Lipinski definition) is 0. The summed E-state index contributed by atoms with van der Waals surface area (Å²) in [6.07, 6.45) is 44.6. The summed E-state index contributed by atoms with van der Waals surface area (Å²) in [6, 6.07) is 40.7. The molecule has 0 N–H and O–H groups in total. The summed E-state index contributed by atoms with van der Waals surface area (Å²) in [5.74, 6) is -0.495. The van der Waals surface area contributed by atoms with E-state index in [1.807, 2.05) is 72.8 Å². The standard InChI is InChI=1S/C80H124O9/c1-3-5-7-9-11-13-15-17-19-21-23-25-27-29-31-33-35-49-59-76(81)84-67-73(88-77(82)60-50-36-34-32-30-28-26-24-22-20-18-16-14-12-10-8-6-4-2)61-62-74-78(85-64-70-53-43-38-44-54-70)80(87-66-72-57-47-40-48-58-72)79(86-65-71-55-45-39-46-56-71)75(89-74)68-83-63-69-51-41-37-42-52-69/h37-48,51-58,73-75,78-80H,3-36,49-50,59-68H2,1-2H3/t73-,74-,75+,78-,79+,80+/m0/s1. The number of unbranched alkanes of at least 4 members (excludes halogenated alkanes) is 34. The van der Waals surface area contributed by atoms with E-state index >= 15 is 0 Å². The zero-order valence-electron chi connectivity index (χ0n) is 56.2. The average Bonchev–Trinajstić information content (AvgIpc) is 2.22. The normalized spacial score (nSPS) is 17.0. The Morgan fingerprint density at radius 1 is 0.360 bits per heavy atom. The predicted octanol–water partition coefficient (Wildman–Crippen LogP) is 21.8. The van der Waals surface area contributed by atoms with Crippen molar-refractivity contribution < 1.29 is 42.7 Å². The van der Waals surface area contributed by atoms with Crippen LogP contribution in [0, 0.1) is 0 Å². The number of benzene rings is 4. The maximum absolute atomic E-state index is 13.8. The lowest BCUT2D eigenvalue weighted by Gasteiger charge is -2.46. The van der Waals surface area contributed by atoms with Crippen molar-refractivity contribution in [3.8, 4) is 0 Å². The Hall–Kier alpha value is -4.38. The van der Waals surface area contributed by atoms with Gasteiger partial charge in [-0.15, -0.1) is 0 Å². The summed E-state index contributed by atoms with van der Waals surface area (Å²) >= 11 is 0.